The number of aromatic nitrogens is 3. The highest BCUT2D eigenvalue weighted by molar-refractivity contribution is 5.92. The van der Waals surface area contributed by atoms with E-state index >= 15 is 0 Å². The molecule has 142 valence electrons. The van der Waals surface area contributed by atoms with Gasteiger partial charge in [-0.1, -0.05) is 0 Å². The molecule has 0 unspecified atom stereocenters. The maximum absolute atomic E-state index is 13.8. The van der Waals surface area contributed by atoms with Crippen molar-refractivity contribution in [1.82, 2.24) is 14.8 Å². The lowest BCUT2D eigenvalue weighted by Gasteiger charge is -2.28. The van der Waals surface area contributed by atoms with E-state index in [-0.39, 0.29) is 23.8 Å². The number of anilines is 1. The Morgan fingerprint density at radius 1 is 1.37 bits per heavy atom. The van der Waals surface area contributed by atoms with Crippen LogP contribution < -0.4 is 5.32 Å². The van der Waals surface area contributed by atoms with Crippen molar-refractivity contribution in [2.24, 2.45) is 0 Å². The molecule has 1 fully saturated rings. The molecule has 2 atom stereocenters. The summed E-state index contributed by atoms with van der Waals surface area (Å²) in [5, 5.41) is 7.09. The van der Waals surface area contributed by atoms with Crippen LogP contribution in [-0.2, 0) is 14.3 Å². The monoisotopic (exact) mass is 376 g/mol. The lowest BCUT2D eigenvalue weighted by Crippen LogP contribution is -2.31. The van der Waals surface area contributed by atoms with Crippen molar-refractivity contribution in [3.05, 3.63) is 53.0 Å². The molecule has 0 saturated carbocycles. The zero-order valence-corrected chi connectivity index (χ0v) is 14.6. The van der Waals surface area contributed by atoms with Gasteiger partial charge in [0.1, 0.15) is 30.6 Å². The summed E-state index contributed by atoms with van der Waals surface area (Å²) in [7, 11) is 0. The molecule has 0 radical (unpaired) electrons. The first-order valence-electron chi connectivity index (χ1n) is 8.65. The molecule has 1 saturated heterocycles. The summed E-state index contributed by atoms with van der Waals surface area (Å²) in [5.41, 5.74) is 0.947. The van der Waals surface area contributed by atoms with Crippen LogP contribution in [0.25, 0.3) is 0 Å². The highest BCUT2D eigenvalue weighted by atomic mass is 19.1. The molecule has 9 heteroatoms. The summed E-state index contributed by atoms with van der Waals surface area (Å²) in [6, 6.07) is 2.26. The molecule has 27 heavy (non-hydrogen) atoms. The summed E-state index contributed by atoms with van der Waals surface area (Å²) in [4.78, 5) is 16.9. The van der Waals surface area contributed by atoms with Gasteiger partial charge in [0, 0.05) is 18.4 Å². The van der Waals surface area contributed by atoms with Gasteiger partial charge < -0.3 is 14.8 Å². The van der Waals surface area contributed by atoms with Gasteiger partial charge in [-0.15, -0.1) is 0 Å². The number of allylic oxidation sites excluding steroid dienone is 1. The Bertz CT molecular complexity index is 886. The van der Waals surface area contributed by atoms with Gasteiger partial charge in [0.25, 0.3) is 0 Å². The average Bonchev–Trinajstić information content (AvgIpc) is 3.29. The van der Waals surface area contributed by atoms with E-state index in [1.54, 1.807) is 6.92 Å². The summed E-state index contributed by atoms with van der Waals surface area (Å²) in [6.07, 6.45) is 2.94. The fraction of sp³-hybridized carbons (Fsp3) is 0.389. The topological polar surface area (TPSA) is 78.3 Å². The Hall–Kier alpha value is -2.81. The third-order valence-corrected chi connectivity index (χ3v) is 4.64. The maximum atomic E-state index is 13.8. The van der Waals surface area contributed by atoms with Crippen LogP contribution in [0.4, 0.5) is 14.7 Å². The molecular formula is C18H18F2N4O3. The number of ether oxygens (including phenoxy) is 2. The summed E-state index contributed by atoms with van der Waals surface area (Å²) in [6.45, 7) is 2.46. The Labute approximate surface area is 154 Å². The summed E-state index contributed by atoms with van der Waals surface area (Å²) < 4.78 is 39.9. The third-order valence-electron chi connectivity index (χ3n) is 4.64. The second kappa shape index (κ2) is 7.07. The van der Waals surface area contributed by atoms with Gasteiger partial charge in [-0.3, -0.25) is 0 Å². The van der Waals surface area contributed by atoms with Crippen LogP contribution in [0.15, 0.2) is 35.8 Å². The number of esters is 1. The lowest BCUT2D eigenvalue weighted by molar-refractivity contribution is -0.142. The molecule has 7 nitrogen and oxygen atoms in total. The van der Waals surface area contributed by atoms with Gasteiger partial charge in [0.05, 0.1) is 11.7 Å². The molecule has 4 rings (SSSR count). The predicted octanol–water partition coefficient (Wildman–Crippen LogP) is 2.57. The van der Waals surface area contributed by atoms with E-state index < -0.39 is 23.6 Å². The molecular weight excluding hydrogens is 358 g/mol. The zero-order chi connectivity index (χ0) is 19.0. The Morgan fingerprint density at radius 2 is 2.15 bits per heavy atom. The Morgan fingerprint density at radius 3 is 2.85 bits per heavy atom. The van der Waals surface area contributed by atoms with E-state index in [1.165, 1.54) is 23.1 Å². The fourth-order valence-electron chi connectivity index (χ4n) is 3.42. The quantitative estimate of drug-likeness (QED) is 0.827. The molecule has 2 aromatic rings. The van der Waals surface area contributed by atoms with Crippen molar-refractivity contribution in [1.29, 1.82) is 0 Å². The second-order valence-electron chi connectivity index (χ2n) is 6.53. The lowest BCUT2D eigenvalue weighted by atomic mass is 9.95. The second-order valence-corrected chi connectivity index (χ2v) is 6.53. The van der Waals surface area contributed by atoms with Gasteiger partial charge in [0.15, 0.2) is 0 Å². The molecule has 1 aromatic carbocycles. The molecule has 0 bridgehead atoms. The standard InChI is InChI=1S/C18H18F2N4O3/c1-10-15(17(25)27-8-14-3-2-4-26-14)16(24-18(23-10)21-9-22-24)11-5-12(19)7-13(20)6-11/h5-7,9,14,16H,2-4,8H2,1H3,(H,21,22,23)/t14-,16-/m0/s1. The number of fused-ring (bicyclic) bond motifs is 1. The van der Waals surface area contributed by atoms with Gasteiger partial charge >= 0.3 is 5.97 Å². The normalized spacial score (nSPS) is 21.7. The smallest absolute Gasteiger partial charge is 0.338 e. The van der Waals surface area contributed by atoms with Crippen LogP contribution in [0, 0.1) is 11.6 Å². The van der Waals surface area contributed by atoms with E-state index in [0.29, 0.717) is 18.3 Å². The Balaban J connectivity index is 1.69. The van der Waals surface area contributed by atoms with Crippen molar-refractivity contribution >= 4 is 11.9 Å². The molecule has 2 aliphatic rings. The number of hydrogen-bond acceptors (Lipinski definition) is 6. The van der Waals surface area contributed by atoms with Gasteiger partial charge in [-0.2, -0.15) is 10.1 Å². The number of benzene rings is 1. The largest absolute Gasteiger partial charge is 0.459 e. The van der Waals surface area contributed by atoms with Gasteiger partial charge in [-0.05, 0) is 37.5 Å². The first-order chi connectivity index (χ1) is 13.0. The van der Waals surface area contributed by atoms with Crippen molar-refractivity contribution in [2.75, 3.05) is 18.5 Å². The maximum Gasteiger partial charge on any atom is 0.338 e. The van der Waals surface area contributed by atoms with E-state index in [1.807, 2.05) is 0 Å². The van der Waals surface area contributed by atoms with Crippen molar-refractivity contribution in [3.8, 4) is 0 Å². The summed E-state index contributed by atoms with van der Waals surface area (Å²) >= 11 is 0. The predicted molar refractivity (Wildman–Crippen MR) is 90.8 cm³/mol. The van der Waals surface area contributed by atoms with Crippen LogP contribution in [0.1, 0.15) is 31.4 Å². The molecule has 1 aromatic heterocycles. The average molecular weight is 376 g/mol. The number of carbonyl (C=O) groups is 1. The van der Waals surface area contributed by atoms with E-state index in [9.17, 15) is 13.6 Å². The van der Waals surface area contributed by atoms with E-state index in [2.05, 4.69) is 15.4 Å². The van der Waals surface area contributed by atoms with Crippen LogP contribution in [0.3, 0.4) is 0 Å². The molecule has 3 heterocycles. The molecule has 0 aliphatic carbocycles. The molecule has 2 aliphatic heterocycles. The minimum absolute atomic E-state index is 0.126. The van der Waals surface area contributed by atoms with Crippen molar-refractivity contribution < 1.29 is 23.0 Å². The number of nitrogens with zero attached hydrogens (tertiary/aromatic N) is 3. The highest BCUT2D eigenvalue weighted by Gasteiger charge is 2.35. The van der Waals surface area contributed by atoms with E-state index in [4.69, 9.17) is 9.47 Å². The van der Waals surface area contributed by atoms with Gasteiger partial charge in [-0.25, -0.2) is 18.3 Å². The highest BCUT2D eigenvalue weighted by Crippen LogP contribution is 2.35. The first-order valence-corrected chi connectivity index (χ1v) is 8.65. The zero-order valence-electron chi connectivity index (χ0n) is 14.6. The number of nitrogens with one attached hydrogen (secondary N) is 1. The van der Waals surface area contributed by atoms with Gasteiger partial charge in [0.2, 0.25) is 5.95 Å². The first kappa shape index (κ1) is 17.6. The number of halogens is 2. The van der Waals surface area contributed by atoms with Crippen molar-refractivity contribution in [2.45, 2.75) is 31.9 Å². The number of rotatable bonds is 4. The van der Waals surface area contributed by atoms with Crippen molar-refractivity contribution in [3.63, 3.8) is 0 Å². The fourth-order valence-corrected chi connectivity index (χ4v) is 3.42. The Kier molecular flexibility index (Phi) is 4.61. The SMILES string of the molecule is CC1=C(C(=O)OC[C@@H]2CCCO2)[C@H](c2cc(F)cc(F)c2)n2ncnc2N1. The van der Waals surface area contributed by atoms with Crippen LogP contribution in [0.5, 0.6) is 0 Å². The third kappa shape index (κ3) is 3.42. The minimum Gasteiger partial charge on any atom is -0.459 e. The summed E-state index contributed by atoms with van der Waals surface area (Å²) in [5.74, 6) is -1.70. The van der Waals surface area contributed by atoms with E-state index in [0.717, 1.165) is 18.9 Å². The molecule has 0 spiro atoms. The van der Waals surface area contributed by atoms with Crippen LogP contribution in [0.2, 0.25) is 0 Å². The number of hydrogen-bond donors (Lipinski definition) is 1. The molecule has 0 amide bonds. The number of carbonyl (C=O) groups excluding carboxylic acids is 1. The minimum atomic E-state index is -0.856. The molecule has 1 N–H and O–H groups in total. The van der Waals surface area contributed by atoms with Crippen LogP contribution in [-0.4, -0.2) is 40.1 Å². The van der Waals surface area contributed by atoms with Crippen LogP contribution >= 0.6 is 0 Å².